The highest BCUT2D eigenvalue weighted by Gasteiger charge is 2.27. The van der Waals surface area contributed by atoms with Gasteiger partial charge in [0, 0.05) is 11.6 Å². The highest BCUT2D eigenvalue weighted by atomic mass is 19.4. The van der Waals surface area contributed by atoms with Crippen LogP contribution >= 0.6 is 0 Å². The lowest BCUT2D eigenvalue weighted by Crippen LogP contribution is -2.18. The molecule has 0 N–H and O–H groups in total. The first-order valence-electron chi connectivity index (χ1n) is 5.16. The molecule has 0 aliphatic carbocycles. The highest BCUT2D eigenvalue weighted by Crippen LogP contribution is 2.20. The van der Waals surface area contributed by atoms with Gasteiger partial charge in [-0.15, -0.1) is 0 Å². The number of rotatable bonds is 3. The Morgan fingerprint density at radius 2 is 2.00 bits per heavy atom. The van der Waals surface area contributed by atoms with E-state index in [0.717, 1.165) is 16.5 Å². The van der Waals surface area contributed by atoms with Gasteiger partial charge in [0.2, 0.25) is 0 Å². The van der Waals surface area contributed by atoms with Gasteiger partial charge in [0.05, 0.1) is 5.52 Å². The predicted octanol–water partition coefficient (Wildman–Crippen LogP) is 3.49. The molecule has 1 aromatic heterocycles. The smallest absolute Gasteiger partial charge is 0.351 e. The molecular weight excluding hydrogens is 231 g/mol. The molecular formula is C12H12F3NO. The summed E-state index contributed by atoms with van der Waals surface area (Å²) in [4.78, 5) is 0. The number of ether oxygens (including phenoxy) is 1. The predicted molar refractivity (Wildman–Crippen MR) is 58.7 cm³/mol. The molecule has 5 heteroatoms. The van der Waals surface area contributed by atoms with E-state index >= 15 is 0 Å². The summed E-state index contributed by atoms with van der Waals surface area (Å²) in [5.74, 6) is 0. The molecule has 1 aromatic carbocycles. The third-order valence-electron chi connectivity index (χ3n) is 2.53. The second-order valence-electron chi connectivity index (χ2n) is 3.89. The molecule has 0 aliphatic heterocycles. The van der Waals surface area contributed by atoms with Crippen molar-refractivity contribution in [3.8, 4) is 0 Å². The summed E-state index contributed by atoms with van der Waals surface area (Å²) in [6, 6.07) is 7.57. The molecule has 0 bridgehead atoms. The zero-order valence-corrected chi connectivity index (χ0v) is 9.29. The normalized spacial score (nSPS) is 12.2. The molecule has 0 aliphatic rings. The quantitative estimate of drug-likeness (QED) is 0.804. The van der Waals surface area contributed by atoms with Crippen LogP contribution in [0.15, 0.2) is 30.5 Å². The molecule has 0 saturated carbocycles. The maximum absolute atomic E-state index is 11.9. The van der Waals surface area contributed by atoms with Gasteiger partial charge in [0.15, 0.2) is 0 Å². The van der Waals surface area contributed by atoms with E-state index in [4.69, 9.17) is 0 Å². The first-order chi connectivity index (χ1) is 7.97. The minimum absolute atomic E-state index is 0.0908. The van der Waals surface area contributed by atoms with Gasteiger partial charge in [-0.25, -0.2) is 0 Å². The average molecular weight is 243 g/mol. The summed E-state index contributed by atoms with van der Waals surface area (Å²) in [6.07, 6.45) is -2.55. The van der Waals surface area contributed by atoms with Crippen molar-refractivity contribution >= 4 is 10.9 Å². The van der Waals surface area contributed by atoms with E-state index in [-0.39, 0.29) is 6.73 Å². The molecule has 17 heavy (non-hydrogen) atoms. The molecule has 0 fully saturated rings. The van der Waals surface area contributed by atoms with Gasteiger partial charge in [-0.1, -0.05) is 12.1 Å². The van der Waals surface area contributed by atoms with Crippen molar-refractivity contribution in [3.05, 3.63) is 36.0 Å². The van der Waals surface area contributed by atoms with E-state index in [1.165, 1.54) is 0 Å². The molecule has 2 rings (SSSR count). The molecule has 0 amide bonds. The molecule has 2 aromatic rings. The Balaban J connectivity index is 2.12. The number of hydrogen-bond donors (Lipinski definition) is 0. The first-order valence-corrected chi connectivity index (χ1v) is 5.16. The van der Waals surface area contributed by atoms with Crippen LogP contribution in [0.25, 0.3) is 10.9 Å². The fraction of sp³-hybridized carbons (Fsp3) is 0.333. The average Bonchev–Trinajstić information content (AvgIpc) is 2.61. The Bertz CT molecular complexity index is 516. The molecule has 0 radical (unpaired) electrons. The van der Waals surface area contributed by atoms with E-state index in [9.17, 15) is 13.2 Å². The summed E-state index contributed by atoms with van der Waals surface area (Å²) < 4.78 is 42.1. The van der Waals surface area contributed by atoms with Crippen LogP contribution in [-0.2, 0) is 11.5 Å². The van der Waals surface area contributed by atoms with Crippen LogP contribution in [0.4, 0.5) is 13.2 Å². The van der Waals surface area contributed by atoms with Gasteiger partial charge in [0.25, 0.3) is 0 Å². The number of aromatic nitrogens is 1. The van der Waals surface area contributed by atoms with Crippen molar-refractivity contribution in [2.75, 3.05) is 6.61 Å². The van der Waals surface area contributed by atoms with Crippen molar-refractivity contribution in [1.82, 2.24) is 4.57 Å². The maximum Gasteiger partial charge on any atom is 0.411 e. The molecule has 0 saturated heterocycles. The first kappa shape index (κ1) is 12.0. The van der Waals surface area contributed by atoms with Crippen LogP contribution in [0.2, 0.25) is 0 Å². The van der Waals surface area contributed by atoms with Crippen molar-refractivity contribution < 1.29 is 17.9 Å². The largest absolute Gasteiger partial charge is 0.411 e. The lowest BCUT2D eigenvalue weighted by Gasteiger charge is -2.09. The van der Waals surface area contributed by atoms with Crippen LogP contribution in [0.3, 0.4) is 0 Å². The number of halogens is 3. The van der Waals surface area contributed by atoms with E-state index in [0.29, 0.717) is 0 Å². The summed E-state index contributed by atoms with van der Waals surface area (Å²) in [6.45, 7) is 0.647. The Morgan fingerprint density at radius 3 is 2.71 bits per heavy atom. The monoisotopic (exact) mass is 243 g/mol. The Labute approximate surface area is 96.6 Å². The molecule has 1 heterocycles. The van der Waals surface area contributed by atoms with Crippen LogP contribution < -0.4 is 0 Å². The van der Waals surface area contributed by atoms with Gasteiger partial charge in [-0.05, 0) is 24.6 Å². The number of alkyl halides is 3. The molecule has 92 valence electrons. The Kier molecular flexibility index (Phi) is 3.11. The Hall–Kier alpha value is -1.49. The SMILES string of the molecule is Cc1cccc2c1ccn2COCC(F)(F)F. The van der Waals surface area contributed by atoms with Crippen LogP contribution in [-0.4, -0.2) is 17.4 Å². The second-order valence-corrected chi connectivity index (χ2v) is 3.89. The standard InChI is InChI=1S/C12H12F3NO/c1-9-3-2-4-11-10(9)5-6-16(11)8-17-7-12(13,14)15/h2-6H,7-8H2,1H3. The molecule has 2 nitrogen and oxygen atoms in total. The summed E-state index contributed by atoms with van der Waals surface area (Å²) in [5.41, 5.74) is 1.98. The summed E-state index contributed by atoms with van der Waals surface area (Å²) >= 11 is 0. The van der Waals surface area contributed by atoms with Crippen molar-refractivity contribution in [3.63, 3.8) is 0 Å². The van der Waals surface area contributed by atoms with Crippen LogP contribution in [0.1, 0.15) is 5.56 Å². The van der Waals surface area contributed by atoms with Gasteiger partial charge in [-0.3, -0.25) is 0 Å². The topological polar surface area (TPSA) is 14.2 Å². The minimum Gasteiger partial charge on any atom is -0.351 e. The summed E-state index contributed by atoms with van der Waals surface area (Å²) in [5, 5.41) is 1.03. The highest BCUT2D eigenvalue weighted by molar-refractivity contribution is 5.83. The number of aryl methyl sites for hydroxylation is 1. The van der Waals surface area contributed by atoms with Gasteiger partial charge < -0.3 is 9.30 Å². The van der Waals surface area contributed by atoms with Gasteiger partial charge in [0.1, 0.15) is 13.3 Å². The van der Waals surface area contributed by atoms with Gasteiger partial charge in [-0.2, -0.15) is 13.2 Å². The molecule has 0 unspecified atom stereocenters. The third kappa shape index (κ3) is 2.79. The lowest BCUT2D eigenvalue weighted by molar-refractivity contribution is -0.181. The zero-order valence-electron chi connectivity index (χ0n) is 9.29. The van der Waals surface area contributed by atoms with E-state index < -0.39 is 12.8 Å². The number of benzene rings is 1. The summed E-state index contributed by atoms with van der Waals surface area (Å²) in [7, 11) is 0. The lowest BCUT2D eigenvalue weighted by atomic mass is 10.1. The molecule has 0 spiro atoms. The van der Waals surface area contributed by atoms with Crippen molar-refractivity contribution in [2.24, 2.45) is 0 Å². The van der Waals surface area contributed by atoms with Crippen molar-refractivity contribution in [1.29, 1.82) is 0 Å². The zero-order chi connectivity index (χ0) is 12.5. The van der Waals surface area contributed by atoms with E-state index in [1.54, 1.807) is 10.8 Å². The minimum atomic E-state index is -4.28. The fourth-order valence-corrected chi connectivity index (χ4v) is 1.75. The van der Waals surface area contributed by atoms with Crippen molar-refractivity contribution in [2.45, 2.75) is 19.8 Å². The van der Waals surface area contributed by atoms with E-state index in [2.05, 4.69) is 4.74 Å². The van der Waals surface area contributed by atoms with Gasteiger partial charge >= 0.3 is 6.18 Å². The number of hydrogen-bond acceptors (Lipinski definition) is 1. The third-order valence-corrected chi connectivity index (χ3v) is 2.53. The Morgan fingerprint density at radius 1 is 1.24 bits per heavy atom. The maximum atomic E-state index is 11.9. The molecule has 0 atom stereocenters. The number of fused-ring (bicyclic) bond motifs is 1. The van der Waals surface area contributed by atoms with Crippen LogP contribution in [0.5, 0.6) is 0 Å². The van der Waals surface area contributed by atoms with E-state index in [1.807, 2.05) is 31.2 Å². The second kappa shape index (κ2) is 4.41. The number of nitrogens with zero attached hydrogens (tertiary/aromatic N) is 1. The van der Waals surface area contributed by atoms with Crippen LogP contribution in [0, 0.1) is 6.92 Å². The fourth-order valence-electron chi connectivity index (χ4n) is 1.75.